The molecule has 0 saturated carbocycles. The number of carbonyl (C=O) groups is 1. The average molecular weight is 434 g/mol. The lowest BCUT2D eigenvalue weighted by molar-refractivity contribution is -0.126. The van der Waals surface area contributed by atoms with Crippen LogP contribution in [-0.4, -0.2) is 44.3 Å². The van der Waals surface area contributed by atoms with Gasteiger partial charge in [-0.2, -0.15) is 5.10 Å². The number of nitrogens with one attached hydrogen (secondary N) is 1. The maximum absolute atomic E-state index is 13.2. The Bertz CT molecular complexity index is 914. The summed E-state index contributed by atoms with van der Waals surface area (Å²) in [5.74, 6) is 0.611. The van der Waals surface area contributed by atoms with Crippen molar-refractivity contribution in [3.05, 3.63) is 58.4 Å². The van der Waals surface area contributed by atoms with Gasteiger partial charge in [-0.15, -0.1) is 0 Å². The molecule has 1 saturated heterocycles. The molecule has 1 heterocycles. The number of para-hydroxylation sites is 1. The summed E-state index contributed by atoms with van der Waals surface area (Å²) < 4.78 is 23.8. The van der Waals surface area contributed by atoms with E-state index in [1.807, 2.05) is 12.1 Å². The van der Waals surface area contributed by atoms with E-state index in [0.29, 0.717) is 28.6 Å². The van der Waals surface area contributed by atoms with Gasteiger partial charge in [-0.05, 0) is 55.8 Å². The highest BCUT2D eigenvalue weighted by Gasteiger charge is 2.25. The second kappa shape index (κ2) is 10.4. The van der Waals surface area contributed by atoms with Crippen LogP contribution in [0.3, 0.4) is 0 Å². The van der Waals surface area contributed by atoms with Crippen LogP contribution in [0.5, 0.6) is 11.5 Å². The predicted octanol–water partition coefficient (Wildman–Crippen LogP) is 3.86. The third-order valence-electron chi connectivity index (χ3n) is 5.18. The minimum Gasteiger partial charge on any atom is -0.493 e. The number of hydrogen-bond donors (Lipinski definition) is 1. The third-order valence-corrected chi connectivity index (χ3v) is 5.53. The molecule has 2 aromatic rings. The van der Waals surface area contributed by atoms with Gasteiger partial charge in [0.25, 0.3) is 0 Å². The molecule has 0 aromatic heterocycles. The maximum atomic E-state index is 13.2. The van der Waals surface area contributed by atoms with Gasteiger partial charge in [0.2, 0.25) is 5.91 Å². The van der Waals surface area contributed by atoms with Gasteiger partial charge in [-0.25, -0.2) is 9.82 Å². The topological polar surface area (TPSA) is 63.2 Å². The van der Waals surface area contributed by atoms with Crippen LogP contribution >= 0.6 is 11.6 Å². The molecule has 2 aromatic carbocycles. The van der Waals surface area contributed by atoms with Crippen molar-refractivity contribution in [3.63, 3.8) is 0 Å². The van der Waals surface area contributed by atoms with Crippen LogP contribution in [-0.2, 0) is 11.3 Å². The summed E-state index contributed by atoms with van der Waals surface area (Å²) in [6, 6.07) is 9.90. The lowest BCUT2D eigenvalue weighted by Gasteiger charge is -2.31. The highest BCUT2D eigenvalue weighted by Crippen LogP contribution is 2.29. The lowest BCUT2D eigenvalue weighted by Crippen LogP contribution is -2.39. The Morgan fingerprint density at radius 3 is 2.70 bits per heavy atom. The highest BCUT2D eigenvalue weighted by molar-refractivity contribution is 6.31. The van der Waals surface area contributed by atoms with Crippen LogP contribution in [0.15, 0.2) is 41.5 Å². The number of hydrazone groups is 1. The summed E-state index contributed by atoms with van der Waals surface area (Å²) in [7, 11) is 3.12. The maximum Gasteiger partial charge on any atom is 0.243 e. The fourth-order valence-corrected chi connectivity index (χ4v) is 3.74. The van der Waals surface area contributed by atoms with Gasteiger partial charge in [-0.1, -0.05) is 23.7 Å². The van der Waals surface area contributed by atoms with E-state index in [-0.39, 0.29) is 17.6 Å². The summed E-state index contributed by atoms with van der Waals surface area (Å²) in [6.45, 7) is 2.17. The van der Waals surface area contributed by atoms with Gasteiger partial charge in [0.15, 0.2) is 11.5 Å². The smallest absolute Gasteiger partial charge is 0.243 e. The number of methoxy groups -OCH3 is 2. The van der Waals surface area contributed by atoms with Gasteiger partial charge < -0.3 is 9.47 Å². The first kappa shape index (κ1) is 22.1. The quantitative estimate of drug-likeness (QED) is 0.532. The molecule has 1 aliphatic heterocycles. The lowest BCUT2D eigenvalue weighted by atomic mass is 9.96. The highest BCUT2D eigenvalue weighted by atomic mass is 35.5. The van der Waals surface area contributed by atoms with Crippen LogP contribution in [0, 0.1) is 11.7 Å². The Kier molecular flexibility index (Phi) is 7.65. The van der Waals surface area contributed by atoms with E-state index in [2.05, 4.69) is 15.4 Å². The van der Waals surface area contributed by atoms with Gasteiger partial charge in [-0.3, -0.25) is 9.69 Å². The van der Waals surface area contributed by atoms with Crippen molar-refractivity contribution < 1.29 is 18.7 Å². The monoisotopic (exact) mass is 433 g/mol. The average Bonchev–Trinajstić information content (AvgIpc) is 2.75. The Balaban J connectivity index is 1.50. The second-order valence-electron chi connectivity index (χ2n) is 7.10. The molecule has 160 valence electrons. The Hall–Kier alpha value is -2.64. The zero-order chi connectivity index (χ0) is 21.5. The molecule has 8 heteroatoms. The number of halogens is 2. The summed E-state index contributed by atoms with van der Waals surface area (Å²) in [5, 5.41) is 4.51. The number of benzene rings is 2. The van der Waals surface area contributed by atoms with Crippen molar-refractivity contribution in [3.8, 4) is 11.5 Å². The number of piperidine rings is 1. The first-order valence-electron chi connectivity index (χ1n) is 9.72. The minimum absolute atomic E-state index is 0.103. The summed E-state index contributed by atoms with van der Waals surface area (Å²) in [5.41, 5.74) is 4.22. The molecule has 1 fully saturated rings. The summed E-state index contributed by atoms with van der Waals surface area (Å²) >= 11 is 6.11. The van der Waals surface area contributed by atoms with E-state index in [9.17, 15) is 9.18 Å². The number of nitrogens with zero attached hydrogens (tertiary/aromatic N) is 2. The molecule has 1 amide bonds. The normalized spacial score (nSPS) is 15.3. The van der Waals surface area contributed by atoms with Crippen molar-refractivity contribution in [1.29, 1.82) is 0 Å². The van der Waals surface area contributed by atoms with Crippen molar-refractivity contribution in [2.75, 3.05) is 27.3 Å². The van der Waals surface area contributed by atoms with E-state index in [4.69, 9.17) is 21.1 Å². The number of likely N-dealkylation sites (tertiary alicyclic amines) is 1. The van der Waals surface area contributed by atoms with Crippen LogP contribution < -0.4 is 14.9 Å². The van der Waals surface area contributed by atoms with E-state index >= 15 is 0 Å². The van der Waals surface area contributed by atoms with Gasteiger partial charge in [0.05, 0.1) is 20.4 Å². The van der Waals surface area contributed by atoms with Crippen molar-refractivity contribution >= 4 is 23.7 Å². The third kappa shape index (κ3) is 5.49. The molecular formula is C22H25ClFN3O3. The second-order valence-corrected chi connectivity index (χ2v) is 7.51. The van der Waals surface area contributed by atoms with Crippen LogP contribution in [0.1, 0.15) is 24.0 Å². The van der Waals surface area contributed by atoms with E-state index < -0.39 is 0 Å². The molecule has 1 aliphatic rings. The number of carbonyl (C=O) groups excluding carboxylic acids is 1. The van der Waals surface area contributed by atoms with E-state index in [1.54, 1.807) is 32.6 Å². The molecule has 30 heavy (non-hydrogen) atoms. The van der Waals surface area contributed by atoms with Crippen LogP contribution in [0.25, 0.3) is 0 Å². The Morgan fingerprint density at radius 1 is 1.27 bits per heavy atom. The van der Waals surface area contributed by atoms with Crippen molar-refractivity contribution in [2.24, 2.45) is 11.0 Å². The predicted molar refractivity (Wildman–Crippen MR) is 115 cm³/mol. The van der Waals surface area contributed by atoms with Crippen LogP contribution in [0.4, 0.5) is 4.39 Å². The van der Waals surface area contributed by atoms with E-state index in [0.717, 1.165) is 31.5 Å². The molecule has 0 radical (unpaired) electrons. The molecular weight excluding hydrogens is 409 g/mol. The molecule has 3 rings (SSSR count). The Morgan fingerprint density at radius 2 is 2.03 bits per heavy atom. The van der Waals surface area contributed by atoms with Crippen molar-refractivity contribution in [2.45, 2.75) is 19.4 Å². The summed E-state index contributed by atoms with van der Waals surface area (Å²) in [4.78, 5) is 14.7. The van der Waals surface area contributed by atoms with Crippen LogP contribution in [0.2, 0.25) is 5.02 Å². The first-order chi connectivity index (χ1) is 14.5. The largest absolute Gasteiger partial charge is 0.493 e. The molecule has 0 atom stereocenters. The van der Waals surface area contributed by atoms with Gasteiger partial charge in [0.1, 0.15) is 5.82 Å². The molecule has 1 N–H and O–H groups in total. The minimum atomic E-state index is -0.341. The number of hydrogen-bond acceptors (Lipinski definition) is 5. The van der Waals surface area contributed by atoms with Gasteiger partial charge in [0, 0.05) is 23.0 Å². The molecule has 0 bridgehead atoms. The first-order valence-corrected chi connectivity index (χ1v) is 10.1. The SMILES string of the molecule is COc1cccc(C=NNC(=O)C2CCN(Cc3ccc(F)cc3Cl)CC2)c1OC. The molecule has 0 spiro atoms. The molecule has 6 nitrogen and oxygen atoms in total. The fourth-order valence-electron chi connectivity index (χ4n) is 3.51. The summed E-state index contributed by atoms with van der Waals surface area (Å²) in [6.07, 6.45) is 3.00. The fraction of sp³-hybridized carbons (Fsp3) is 0.364. The zero-order valence-corrected chi connectivity index (χ0v) is 17.8. The number of rotatable bonds is 7. The molecule has 0 aliphatic carbocycles. The molecule has 0 unspecified atom stereocenters. The standard InChI is InChI=1S/C22H25ClFN3O3/c1-29-20-5-3-4-16(21(20)30-2)13-25-26-22(28)15-8-10-27(11-9-15)14-17-6-7-18(24)12-19(17)23/h3-7,12-13,15H,8-11,14H2,1-2H3,(H,26,28). The van der Waals surface area contributed by atoms with Crippen molar-refractivity contribution in [1.82, 2.24) is 10.3 Å². The zero-order valence-electron chi connectivity index (χ0n) is 17.0. The number of amides is 1. The van der Waals surface area contributed by atoms with Gasteiger partial charge >= 0.3 is 0 Å². The Labute approximate surface area is 180 Å². The van der Waals surface area contributed by atoms with E-state index in [1.165, 1.54) is 12.1 Å². The number of ether oxygens (including phenoxy) is 2.